The molecule has 5 nitrogen and oxygen atoms in total. The maximum atomic E-state index is 10.9. The van der Waals surface area contributed by atoms with Crippen molar-refractivity contribution in [1.29, 1.82) is 5.26 Å². The molecule has 1 heterocycles. The average molecular weight is 204 g/mol. The van der Waals surface area contributed by atoms with Crippen LogP contribution in [0.3, 0.4) is 0 Å². The van der Waals surface area contributed by atoms with E-state index < -0.39 is 11.4 Å². The van der Waals surface area contributed by atoms with E-state index in [4.69, 9.17) is 11.1 Å². The molecule has 0 bridgehead atoms. The second-order valence-corrected chi connectivity index (χ2v) is 2.35. The van der Waals surface area contributed by atoms with Crippen LogP contribution >= 0.6 is 0 Å². The van der Waals surface area contributed by atoms with E-state index in [2.05, 4.69) is 0 Å². The molecule has 0 aliphatic carbocycles. The molecule has 6 heteroatoms. The summed E-state index contributed by atoms with van der Waals surface area (Å²) in [5.41, 5.74) is -0.0946. The van der Waals surface area contributed by atoms with E-state index in [0.717, 1.165) is 0 Å². The first kappa shape index (κ1) is 12.7. The van der Waals surface area contributed by atoms with Crippen molar-refractivity contribution in [2.45, 2.75) is 6.92 Å². The van der Waals surface area contributed by atoms with Gasteiger partial charge in [0.2, 0.25) is 5.88 Å². The van der Waals surface area contributed by atoms with Crippen molar-refractivity contribution < 1.29 is 5.11 Å². The number of nitriles is 1. The first-order valence-electron chi connectivity index (χ1n) is 3.18. The molecule has 0 aliphatic heterocycles. The molecule has 1 radical (unpaired) electrons. The van der Waals surface area contributed by atoms with Crippen LogP contribution in [0.5, 0.6) is 5.88 Å². The van der Waals surface area contributed by atoms with Crippen LogP contribution in [0.1, 0.15) is 11.1 Å². The van der Waals surface area contributed by atoms with Crippen molar-refractivity contribution in [1.82, 2.24) is 4.68 Å². The number of nitrogens with two attached hydrogens (primary N) is 1. The Labute approximate surface area is 117 Å². The Morgan fingerprint density at radius 2 is 2.23 bits per heavy atom. The number of rotatable bonds is 0. The van der Waals surface area contributed by atoms with Crippen LogP contribution in [-0.2, 0) is 0 Å². The zero-order valence-corrected chi connectivity index (χ0v) is 10.5. The summed E-state index contributed by atoms with van der Waals surface area (Å²) >= 11 is 0. The molecule has 0 fully saturated rings. The van der Waals surface area contributed by atoms with Gasteiger partial charge in [-0.2, -0.15) is 9.94 Å². The summed E-state index contributed by atoms with van der Waals surface area (Å²) in [6.07, 6.45) is 0. The Balaban J connectivity index is 0.00000144. The molecule has 0 aliphatic rings. The van der Waals surface area contributed by atoms with Gasteiger partial charge in [-0.05, 0) is 12.5 Å². The Morgan fingerprint density at radius 1 is 1.69 bits per heavy atom. The van der Waals surface area contributed by atoms with E-state index >= 15 is 0 Å². The number of nitrogens with zero attached hydrogens (tertiary/aromatic N) is 2. The van der Waals surface area contributed by atoms with Crippen molar-refractivity contribution >= 4 is 51.4 Å². The fourth-order valence-electron chi connectivity index (χ4n) is 0.866. The Morgan fingerprint density at radius 3 is 2.69 bits per heavy atom. The molecule has 0 amide bonds. The molecule has 0 aromatic carbocycles. The van der Waals surface area contributed by atoms with Crippen molar-refractivity contribution in [3.63, 3.8) is 0 Å². The van der Waals surface area contributed by atoms with Crippen LogP contribution < -0.4 is 11.4 Å². The number of nitrogen functional groups attached to an aromatic ring is 1. The summed E-state index contributed by atoms with van der Waals surface area (Å²) in [7, 11) is 0. The number of aromatic nitrogens is 1. The van der Waals surface area contributed by atoms with E-state index in [1.807, 2.05) is 0 Å². The van der Waals surface area contributed by atoms with Gasteiger partial charge in [0.25, 0.3) is 5.56 Å². The number of aromatic hydroxyl groups is 1. The Kier molecular flexibility index (Phi) is 4.67. The van der Waals surface area contributed by atoms with E-state index in [-0.39, 0.29) is 56.9 Å². The molecule has 1 rings (SSSR count). The van der Waals surface area contributed by atoms with Gasteiger partial charge in [0.15, 0.2) is 0 Å². The number of hydrogen-bond donors (Lipinski definition) is 2. The van der Waals surface area contributed by atoms with Crippen molar-refractivity contribution in [3.05, 3.63) is 27.5 Å². The molecule has 0 atom stereocenters. The van der Waals surface area contributed by atoms with Gasteiger partial charge in [-0.25, -0.2) is 0 Å². The molecule has 0 unspecified atom stereocenters. The zero-order valence-electron chi connectivity index (χ0n) is 7.40. The van der Waals surface area contributed by atoms with Crippen molar-refractivity contribution in [3.8, 4) is 11.9 Å². The third-order valence-electron chi connectivity index (χ3n) is 1.54. The molecular formula is C7H7KN3O2. The fourth-order valence-corrected chi connectivity index (χ4v) is 0.866. The maximum Gasteiger partial charge on any atom is 0.272 e. The van der Waals surface area contributed by atoms with Crippen LogP contribution in [0.2, 0.25) is 0 Å². The smallest absolute Gasteiger partial charge is 0.272 e. The standard InChI is InChI=1S/C7H7N3O2.K/c1-4-2-6(11)10(9)7(12)5(4)3-8;/h2,12H,9H2,1H3;. The van der Waals surface area contributed by atoms with Gasteiger partial charge < -0.3 is 10.9 Å². The molecule has 0 saturated carbocycles. The summed E-state index contributed by atoms with van der Waals surface area (Å²) in [6.45, 7) is 1.56. The van der Waals surface area contributed by atoms with E-state index in [9.17, 15) is 9.90 Å². The molecule has 13 heavy (non-hydrogen) atoms. The monoisotopic (exact) mass is 204 g/mol. The predicted molar refractivity (Wildman–Crippen MR) is 47.7 cm³/mol. The average Bonchev–Trinajstić information content (AvgIpc) is 2.01. The summed E-state index contributed by atoms with van der Waals surface area (Å²) in [5, 5.41) is 17.7. The topological polar surface area (TPSA) is 92.0 Å². The fraction of sp³-hybridized carbons (Fsp3) is 0.143. The summed E-state index contributed by atoms with van der Waals surface area (Å²) in [4.78, 5) is 10.9. The maximum absolute atomic E-state index is 10.9. The summed E-state index contributed by atoms with van der Waals surface area (Å²) in [6, 6.07) is 2.93. The summed E-state index contributed by atoms with van der Waals surface area (Å²) in [5.74, 6) is 4.63. The first-order valence-corrected chi connectivity index (χ1v) is 3.18. The zero-order chi connectivity index (χ0) is 9.30. The van der Waals surface area contributed by atoms with Gasteiger partial charge in [0.1, 0.15) is 11.6 Å². The SMILES string of the molecule is Cc1cc(=O)n(N)c(O)c1C#N.[K]. The van der Waals surface area contributed by atoms with E-state index in [0.29, 0.717) is 10.2 Å². The number of pyridine rings is 1. The van der Waals surface area contributed by atoms with Crippen LogP contribution in [0.15, 0.2) is 10.9 Å². The Hall–Kier alpha value is -0.324. The molecular weight excluding hydrogens is 197 g/mol. The molecule has 1 aromatic rings. The third-order valence-corrected chi connectivity index (χ3v) is 1.54. The van der Waals surface area contributed by atoms with Gasteiger partial charge in [-0.3, -0.25) is 4.79 Å². The number of aryl methyl sites for hydroxylation is 1. The van der Waals surface area contributed by atoms with Gasteiger partial charge in [-0.15, -0.1) is 0 Å². The number of hydrogen-bond acceptors (Lipinski definition) is 4. The molecule has 1 aromatic heterocycles. The van der Waals surface area contributed by atoms with Gasteiger partial charge >= 0.3 is 0 Å². The van der Waals surface area contributed by atoms with Gasteiger partial charge in [-0.1, -0.05) is 0 Å². The second-order valence-electron chi connectivity index (χ2n) is 2.35. The van der Waals surface area contributed by atoms with Crippen LogP contribution in [-0.4, -0.2) is 61.2 Å². The minimum Gasteiger partial charge on any atom is -0.492 e. The van der Waals surface area contributed by atoms with Gasteiger partial charge in [0.05, 0.1) is 0 Å². The first-order chi connectivity index (χ1) is 5.57. The Bertz CT molecular complexity index is 419. The normalized spacial score (nSPS) is 8.62. The minimum atomic E-state index is -0.538. The second kappa shape index (κ2) is 4.79. The molecule has 0 spiro atoms. The largest absolute Gasteiger partial charge is 0.492 e. The molecule has 0 saturated heterocycles. The minimum absolute atomic E-state index is 0. The molecule has 3 N–H and O–H groups in total. The van der Waals surface area contributed by atoms with Gasteiger partial charge in [0, 0.05) is 57.5 Å². The van der Waals surface area contributed by atoms with Crippen LogP contribution in [0.4, 0.5) is 0 Å². The van der Waals surface area contributed by atoms with Crippen LogP contribution in [0, 0.1) is 18.3 Å². The van der Waals surface area contributed by atoms with E-state index in [1.54, 1.807) is 13.0 Å². The van der Waals surface area contributed by atoms with E-state index in [1.165, 1.54) is 6.07 Å². The quantitative estimate of drug-likeness (QED) is 0.421. The van der Waals surface area contributed by atoms with Crippen molar-refractivity contribution in [2.24, 2.45) is 0 Å². The molecule has 63 valence electrons. The summed E-state index contributed by atoms with van der Waals surface area (Å²) < 4.78 is 0.533. The third kappa shape index (κ3) is 2.33. The predicted octanol–water partition coefficient (Wildman–Crippen LogP) is -0.933. The van der Waals surface area contributed by atoms with Crippen LogP contribution in [0.25, 0.3) is 0 Å². The van der Waals surface area contributed by atoms with Crippen molar-refractivity contribution in [2.75, 3.05) is 5.84 Å².